The lowest BCUT2D eigenvalue weighted by molar-refractivity contribution is 0.185. The second-order valence-corrected chi connectivity index (χ2v) is 6.14. The van der Waals surface area contributed by atoms with E-state index in [2.05, 4.69) is 0 Å². The monoisotopic (exact) mass is 288 g/mol. The fraction of sp³-hybridized carbons (Fsp3) is 0.538. The molecule has 1 aromatic carbocycles. The Hall–Kier alpha value is -1.03. The average molecular weight is 288 g/mol. The number of methoxy groups -OCH3 is 2. The fourth-order valence-corrected chi connectivity index (χ4v) is 3.01. The summed E-state index contributed by atoms with van der Waals surface area (Å²) >= 11 is 0. The Kier molecular flexibility index (Phi) is 5.85. The Bertz CT molecular complexity index is 438. The van der Waals surface area contributed by atoms with Crippen molar-refractivity contribution >= 4 is 7.60 Å². The van der Waals surface area contributed by atoms with Gasteiger partial charge in [-0.1, -0.05) is 6.92 Å². The predicted octanol–water partition coefficient (Wildman–Crippen LogP) is 3.20. The van der Waals surface area contributed by atoms with Crippen molar-refractivity contribution in [3.05, 3.63) is 23.8 Å². The van der Waals surface area contributed by atoms with Gasteiger partial charge in [0, 0.05) is 6.07 Å². The first-order chi connectivity index (χ1) is 8.90. The first-order valence-corrected chi connectivity index (χ1v) is 7.88. The number of benzene rings is 1. The SMILES string of the molecule is CCC(C)OP(=O)(O)Cc1cc(OC)cc(OC)c1. The van der Waals surface area contributed by atoms with Crippen LogP contribution in [0.2, 0.25) is 0 Å². The molecule has 0 bridgehead atoms. The molecular weight excluding hydrogens is 267 g/mol. The van der Waals surface area contributed by atoms with Gasteiger partial charge in [-0.15, -0.1) is 0 Å². The van der Waals surface area contributed by atoms with Crippen molar-refractivity contribution in [3.63, 3.8) is 0 Å². The first-order valence-electron chi connectivity index (χ1n) is 6.12. The van der Waals surface area contributed by atoms with Crippen LogP contribution in [0.15, 0.2) is 18.2 Å². The van der Waals surface area contributed by atoms with Gasteiger partial charge in [-0.25, -0.2) is 0 Å². The van der Waals surface area contributed by atoms with Crippen molar-refractivity contribution in [1.82, 2.24) is 0 Å². The van der Waals surface area contributed by atoms with E-state index in [1.54, 1.807) is 25.1 Å². The zero-order valence-corrected chi connectivity index (χ0v) is 12.6. The summed E-state index contributed by atoms with van der Waals surface area (Å²) in [5.74, 6) is 1.16. The van der Waals surface area contributed by atoms with Crippen LogP contribution in [0.1, 0.15) is 25.8 Å². The topological polar surface area (TPSA) is 65.0 Å². The highest BCUT2D eigenvalue weighted by Gasteiger charge is 2.23. The Morgan fingerprint density at radius 2 is 1.74 bits per heavy atom. The van der Waals surface area contributed by atoms with Crippen LogP contribution in [0.5, 0.6) is 11.5 Å². The molecule has 0 aliphatic heterocycles. The average Bonchev–Trinajstić information content (AvgIpc) is 2.36. The van der Waals surface area contributed by atoms with Gasteiger partial charge < -0.3 is 18.9 Å². The van der Waals surface area contributed by atoms with Gasteiger partial charge >= 0.3 is 7.60 Å². The normalized spacial score (nSPS) is 15.6. The molecule has 0 amide bonds. The van der Waals surface area contributed by atoms with Crippen LogP contribution in [-0.2, 0) is 15.3 Å². The minimum atomic E-state index is -3.66. The quantitative estimate of drug-likeness (QED) is 0.780. The molecule has 0 saturated heterocycles. The molecule has 0 radical (unpaired) electrons. The number of rotatable bonds is 7. The van der Waals surface area contributed by atoms with E-state index in [1.807, 2.05) is 6.92 Å². The molecule has 0 heterocycles. The van der Waals surface area contributed by atoms with E-state index in [0.717, 1.165) is 0 Å². The third kappa shape index (κ3) is 5.23. The van der Waals surface area contributed by atoms with Gasteiger partial charge in [-0.05, 0) is 31.0 Å². The molecule has 0 aromatic heterocycles. The number of hydrogen-bond donors (Lipinski definition) is 1. The predicted molar refractivity (Wildman–Crippen MR) is 73.9 cm³/mol. The Morgan fingerprint density at radius 1 is 1.21 bits per heavy atom. The van der Waals surface area contributed by atoms with Crippen LogP contribution in [0, 0.1) is 0 Å². The van der Waals surface area contributed by atoms with Crippen LogP contribution in [0.3, 0.4) is 0 Å². The summed E-state index contributed by atoms with van der Waals surface area (Å²) in [5.41, 5.74) is 0.644. The highest BCUT2D eigenvalue weighted by molar-refractivity contribution is 7.51. The van der Waals surface area contributed by atoms with Crippen LogP contribution < -0.4 is 9.47 Å². The molecule has 5 nitrogen and oxygen atoms in total. The minimum Gasteiger partial charge on any atom is -0.497 e. The summed E-state index contributed by atoms with van der Waals surface area (Å²) in [5, 5.41) is 0. The standard InChI is InChI=1S/C13H21O5P/c1-5-10(2)18-19(14,15)9-11-6-12(16-3)8-13(7-11)17-4/h6-8,10H,5,9H2,1-4H3,(H,14,15). The van der Waals surface area contributed by atoms with Gasteiger partial charge in [0.2, 0.25) is 0 Å². The van der Waals surface area contributed by atoms with E-state index in [4.69, 9.17) is 14.0 Å². The number of hydrogen-bond acceptors (Lipinski definition) is 4. The molecule has 6 heteroatoms. The van der Waals surface area contributed by atoms with Crippen LogP contribution in [0.4, 0.5) is 0 Å². The molecule has 1 N–H and O–H groups in total. The fourth-order valence-electron chi connectivity index (χ4n) is 1.58. The minimum absolute atomic E-state index is 0.0646. The maximum atomic E-state index is 12.0. The molecule has 0 saturated carbocycles. The van der Waals surface area contributed by atoms with E-state index >= 15 is 0 Å². The smallest absolute Gasteiger partial charge is 0.332 e. The first kappa shape index (κ1) is 16.0. The van der Waals surface area contributed by atoms with Crippen molar-refractivity contribution in [2.45, 2.75) is 32.5 Å². The maximum Gasteiger partial charge on any atom is 0.332 e. The van der Waals surface area contributed by atoms with Crippen molar-refractivity contribution in [2.24, 2.45) is 0 Å². The molecule has 108 valence electrons. The third-order valence-electron chi connectivity index (χ3n) is 2.71. The molecule has 0 aliphatic carbocycles. The van der Waals surface area contributed by atoms with Gasteiger partial charge in [0.15, 0.2) is 0 Å². The Morgan fingerprint density at radius 3 is 2.16 bits per heavy atom. The molecule has 1 rings (SSSR count). The van der Waals surface area contributed by atoms with Crippen LogP contribution >= 0.6 is 7.60 Å². The molecular formula is C13H21O5P. The molecule has 0 fully saturated rings. The molecule has 2 atom stereocenters. The number of ether oxygens (including phenoxy) is 2. The molecule has 1 aromatic rings. The lowest BCUT2D eigenvalue weighted by Gasteiger charge is -2.17. The van der Waals surface area contributed by atoms with E-state index in [0.29, 0.717) is 23.5 Å². The van der Waals surface area contributed by atoms with E-state index in [9.17, 15) is 9.46 Å². The van der Waals surface area contributed by atoms with Crippen LogP contribution in [-0.4, -0.2) is 25.2 Å². The summed E-state index contributed by atoms with van der Waals surface area (Å²) in [7, 11) is -0.590. The molecule has 0 aliphatic rings. The lowest BCUT2D eigenvalue weighted by atomic mass is 10.2. The van der Waals surface area contributed by atoms with E-state index in [1.165, 1.54) is 14.2 Å². The zero-order valence-electron chi connectivity index (χ0n) is 11.8. The molecule has 19 heavy (non-hydrogen) atoms. The highest BCUT2D eigenvalue weighted by atomic mass is 31.2. The maximum absolute atomic E-state index is 12.0. The van der Waals surface area contributed by atoms with Gasteiger partial charge in [0.05, 0.1) is 26.5 Å². The second kappa shape index (κ2) is 6.94. The Balaban J connectivity index is 2.88. The third-order valence-corrected chi connectivity index (χ3v) is 4.17. The van der Waals surface area contributed by atoms with E-state index < -0.39 is 7.60 Å². The summed E-state index contributed by atoms with van der Waals surface area (Å²) in [6.07, 6.45) is 0.375. The van der Waals surface area contributed by atoms with Crippen molar-refractivity contribution in [3.8, 4) is 11.5 Å². The molecule has 2 unspecified atom stereocenters. The second-order valence-electron chi connectivity index (χ2n) is 4.34. The van der Waals surface area contributed by atoms with Crippen molar-refractivity contribution in [2.75, 3.05) is 14.2 Å². The van der Waals surface area contributed by atoms with Crippen molar-refractivity contribution < 1.29 is 23.5 Å². The molecule has 0 spiro atoms. The Labute approximate surface area is 114 Å². The van der Waals surface area contributed by atoms with E-state index in [-0.39, 0.29) is 12.3 Å². The largest absolute Gasteiger partial charge is 0.497 e. The summed E-state index contributed by atoms with van der Waals surface area (Å²) < 4.78 is 27.4. The van der Waals surface area contributed by atoms with Gasteiger partial charge in [-0.3, -0.25) is 4.57 Å². The van der Waals surface area contributed by atoms with Crippen LogP contribution in [0.25, 0.3) is 0 Å². The lowest BCUT2D eigenvalue weighted by Crippen LogP contribution is -2.05. The summed E-state index contributed by atoms with van der Waals surface area (Å²) in [6.45, 7) is 3.67. The van der Waals surface area contributed by atoms with Gasteiger partial charge in [0.1, 0.15) is 11.5 Å². The zero-order chi connectivity index (χ0) is 14.5. The van der Waals surface area contributed by atoms with Crippen molar-refractivity contribution in [1.29, 1.82) is 0 Å². The summed E-state index contributed by atoms with van der Waals surface area (Å²) in [4.78, 5) is 9.85. The summed E-state index contributed by atoms with van der Waals surface area (Å²) in [6, 6.07) is 5.11. The van der Waals surface area contributed by atoms with Gasteiger partial charge in [-0.2, -0.15) is 0 Å². The highest BCUT2D eigenvalue weighted by Crippen LogP contribution is 2.48. The van der Waals surface area contributed by atoms with Gasteiger partial charge in [0.25, 0.3) is 0 Å².